The number of nitrogens with one attached hydrogen (secondary N) is 1. The second-order valence-electron chi connectivity index (χ2n) is 6.17. The average molecular weight is 325 g/mol. The van der Waals surface area contributed by atoms with Gasteiger partial charge < -0.3 is 15.3 Å². The van der Waals surface area contributed by atoms with Gasteiger partial charge in [-0.15, -0.1) is 0 Å². The fourth-order valence-electron chi connectivity index (χ4n) is 2.97. The lowest BCUT2D eigenvalue weighted by molar-refractivity contribution is -0.117. The van der Waals surface area contributed by atoms with Crippen molar-refractivity contribution >= 4 is 11.6 Å². The number of carbonyl (C=O) groups excluding carboxylic acids is 1. The predicted molar refractivity (Wildman–Crippen MR) is 93.6 cm³/mol. The molecule has 5 nitrogen and oxygen atoms in total. The molecule has 126 valence electrons. The smallest absolute Gasteiger partial charge is 0.227 e. The Morgan fingerprint density at radius 1 is 1.17 bits per heavy atom. The normalized spacial score (nSPS) is 17.1. The third-order valence-corrected chi connectivity index (χ3v) is 4.49. The van der Waals surface area contributed by atoms with Gasteiger partial charge in [0.15, 0.2) is 0 Å². The third kappa shape index (κ3) is 3.80. The summed E-state index contributed by atoms with van der Waals surface area (Å²) in [5, 5.41) is 13.5. The van der Waals surface area contributed by atoms with E-state index in [0.717, 1.165) is 29.8 Å². The van der Waals surface area contributed by atoms with Gasteiger partial charge in [-0.25, -0.2) is 0 Å². The molecule has 0 saturated carbocycles. The highest BCUT2D eigenvalue weighted by atomic mass is 16.3. The summed E-state index contributed by atoms with van der Waals surface area (Å²) in [5.41, 5.74) is 2.95. The molecule has 2 aromatic rings. The molecule has 2 heterocycles. The number of pyridine rings is 1. The number of anilines is 1. The van der Waals surface area contributed by atoms with E-state index in [-0.39, 0.29) is 11.9 Å². The monoisotopic (exact) mass is 325 g/mol. The van der Waals surface area contributed by atoms with Crippen LogP contribution in [0.3, 0.4) is 0 Å². The lowest BCUT2D eigenvalue weighted by Gasteiger charge is -2.20. The molecule has 1 amide bonds. The van der Waals surface area contributed by atoms with E-state index < -0.39 is 6.10 Å². The van der Waals surface area contributed by atoms with Gasteiger partial charge in [-0.05, 0) is 48.7 Å². The highest BCUT2D eigenvalue weighted by Crippen LogP contribution is 2.23. The SMILES string of the molecule is CC(NCC(O)c1ccncc1)c1ccc(N2CCCC2=O)cc1. The second kappa shape index (κ2) is 7.55. The van der Waals surface area contributed by atoms with Crippen LogP contribution in [0.25, 0.3) is 0 Å². The zero-order valence-electron chi connectivity index (χ0n) is 13.9. The van der Waals surface area contributed by atoms with Crippen LogP contribution in [0.2, 0.25) is 0 Å². The zero-order valence-corrected chi connectivity index (χ0v) is 13.9. The van der Waals surface area contributed by atoms with E-state index in [9.17, 15) is 9.90 Å². The van der Waals surface area contributed by atoms with Gasteiger partial charge in [0.2, 0.25) is 5.91 Å². The quantitative estimate of drug-likeness (QED) is 0.857. The molecule has 5 heteroatoms. The van der Waals surface area contributed by atoms with Crippen LogP contribution >= 0.6 is 0 Å². The molecule has 1 aromatic heterocycles. The van der Waals surface area contributed by atoms with Crippen molar-refractivity contribution in [1.29, 1.82) is 0 Å². The molecule has 0 aliphatic carbocycles. The molecule has 2 atom stereocenters. The molecule has 1 aliphatic rings. The van der Waals surface area contributed by atoms with Gasteiger partial charge >= 0.3 is 0 Å². The molecule has 0 spiro atoms. The Morgan fingerprint density at radius 3 is 2.50 bits per heavy atom. The maximum atomic E-state index is 11.8. The van der Waals surface area contributed by atoms with Gasteiger partial charge in [0.1, 0.15) is 0 Å². The minimum absolute atomic E-state index is 0.116. The van der Waals surface area contributed by atoms with Gasteiger partial charge in [0.05, 0.1) is 6.10 Å². The van der Waals surface area contributed by atoms with E-state index in [1.807, 2.05) is 41.3 Å². The lowest BCUT2D eigenvalue weighted by atomic mass is 10.1. The summed E-state index contributed by atoms with van der Waals surface area (Å²) < 4.78 is 0. The number of nitrogens with zero attached hydrogens (tertiary/aromatic N) is 2. The Hall–Kier alpha value is -2.24. The van der Waals surface area contributed by atoms with Gasteiger partial charge in [-0.2, -0.15) is 0 Å². The third-order valence-electron chi connectivity index (χ3n) is 4.49. The predicted octanol–water partition coefficient (Wildman–Crippen LogP) is 2.59. The van der Waals surface area contributed by atoms with Crippen molar-refractivity contribution in [3.8, 4) is 0 Å². The van der Waals surface area contributed by atoms with Crippen LogP contribution in [0.4, 0.5) is 5.69 Å². The number of rotatable bonds is 6. The van der Waals surface area contributed by atoms with Crippen molar-refractivity contribution in [3.05, 3.63) is 59.9 Å². The van der Waals surface area contributed by atoms with Crippen molar-refractivity contribution in [2.45, 2.75) is 31.9 Å². The summed E-state index contributed by atoms with van der Waals surface area (Å²) in [6.07, 6.45) is 4.38. The first-order chi connectivity index (χ1) is 11.6. The van der Waals surface area contributed by atoms with Crippen LogP contribution in [0, 0.1) is 0 Å². The Kier molecular flexibility index (Phi) is 5.23. The minimum Gasteiger partial charge on any atom is -0.387 e. The summed E-state index contributed by atoms with van der Waals surface area (Å²) in [4.78, 5) is 17.6. The van der Waals surface area contributed by atoms with Crippen molar-refractivity contribution in [2.24, 2.45) is 0 Å². The number of hydrogen-bond acceptors (Lipinski definition) is 4. The first-order valence-electron chi connectivity index (χ1n) is 8.37. The van der Waals surface area contributed by atoms with Crippen LogP contribution in [-0.4, -0.2) is 29.1 Å². The molecule has 0 bridgehead atoms. The molecule has 2 unspecified atom stereocenters. The molecule has 1 aromatic carbocycles. The van der Waals surface area contributed by atoms with E-state index in [1.165, 1.54) is 0 Å². The molecule has 1 aliphatic heterocycles. The standard InChI is InChI=1S/C19H23N3O2/c1-14(21-13-18(23)16-8-10-20-11-9-16)15-4-6-17(7-5-15)22-12-2-3-19(22)24/h4-11,14,18,21,23H,2-3,12-13H2,1H3. The topological polar surface area (TPSA) is 65.5 Å². The fraction of sp³-hybridized carbons (Fsp3) is 0.368. The lowest BCUT2D eigenvalue weighted by Crippen LogP contribution is -2.25. The summed E-state index contributed by atoms with van der Waals surface area (Å²) >= 11 is 0. The average Bonchev–Trinajstić information content (AvgIpc) is 3.06. The first-order valence-corrected chi connectivity index (χ1v) is 8.37. The molecular weight excluding hydrogens is 302 g/mol. The van der Waals surface area contributed by atoms with E-state index in [4.69, 9.17) is 0 Å². The maximum absolute atomic E-state index is 11.8. The van der Waals surface area contributed by atoms with E-state index >= 15 is 0 Å². The van der Waals surface area contributed by atoms with Crippen LogP contribution in [0.1, 0.15) is 43.0 Å². The molecular formula is C19H23N3O2. The summed E-state index contributed by atoms with van der Waals surface area (Å²) in [7, 11) is 0. The molecule has 2 N–H and O–H groups in total. The van der Waals surface area contributed by atoms with Crippen molar-refractivity contribution < 1.29 is 9.90 Å². The summed E-state index contributed by atoms with van der Waals surface area (Å²) in [5.74, 6) is 0.203. The summed E-state index contributed by atoms with van der Waals surface area (Å²) in [6.45, 7) is 3.34. The molecule has 24 heavy (non-hydrogen) atoms. The number of carbonyl (C=O) groups is 1. The number of aliphatic hydroxyl groups is 1. The largest absolute Gasteiger partial charge is 0.387 e. The van der Waals surface area contributed by atoms with E-state index in [2.05, 4.69) is 17.2 Å². The Bertz CT molecular complexity index is 673. The Labute approximate surface area is 142 Å². The van der Waals surface area contributed by atoms with Crippen molar-refractivity contribution in [2.75, 3.05) is 18.0 Å². The molecule has 0 radical (unpaired) electrons. The highest BCUT2D eigenvalue weighted by Gasteiger charge is 2.21. The Morgan fingerprint density at radius 2 is 1.88 bits per heavy atom. The van der Waals surface area contributed by atoms with E-state index in [0.29, 0.717) is 13.0 Å². The number of amides is 1. The second-order valence-corrected chi connectivity index (χ2v) is 6.17. The van der Waals surface area contributed by atoms with Crippen molar-refractivity contribution in [3.63, 3.8) is 0 Å². The molecule has 3 rings (SSSR count). The van der Waals surface area contributed by atoms with E-state index in [1.54, 1.807) is 12.4 Å². The van der Waals surface area contributed by atoms with Crippen LogP contribution in [0.5, 0.6) is 0 Å². The number of aliphatic hydroxyl groups excluding tert-OH is 1. The van der Waals surface area contributed by atoms with Gasteiger partial charge in [-0.3, -0.25) is 9.78 Å². The van der Waals surface area contributed by atoms with Gasteiger partial charge in [-0.1, -0.05) is 12.1 Å². The first kappa shape index (κ1) is 16.6. The fourth-order valence-corrected chi connectivity index (χ4v) is 2.97. The molecule has 1 fully saturated rings. The van der Waals surface area contributed by atoms with Gasteiger partial charge in [0.25, 0.3) is 0 Å². The van der Waals surface area contributed by atoms with Crippen LogP contribution in [0.15, 0.2) is 48.8 Å². The number of hydrogen-bond donors (Lipinski definition) is 2. The van der Waals surface area contributed by atoms with Crippen LogP contribution < -0.4 is 10.2 Å². The van der Waals surface area contributed by atoms with Gasteiger partial charge in [0, 0.05) is 43.6 Å². The minimum atomic E-state index is -0.558. The summed E-state index contributed by atoms with van der Waals surface area (Å²) in [6, 6.07) is 11.8. The van der Waals surface area contributed by atoms with Crippen molar-refractivity contribution in [1.82, 2.24) is 10.3 Å². The zero-order chi connectivity index (χ0) is 16.9. The highest BCUT2D eigenvalue weighted by molar-refractivity contribution is 5.95. The van der Waals surface area contributed by atoms with Crippen LogP contribution in [-0.2, 0) is 4.79 Å². The Balaban J connectivity index is 1.57. The maximum Gasteiger partial charge on any atom is 0.227 e. The molecule has 1 saturated heterocycles. The number of benzene rings is 1. The number of aromatic nitrogens is 1.